The van der Waals surface area contributed by atoms with Crippen LogP contribution in [0, 0.1) is 11.3 Å². The van der Waals surface area contributed by atoms with Crippen molar-refractivity contribution in [2.75, 3.05) is 0 Å². The van der Waals surface area contributed by atoms with Crippen LogP contribution in [0.4, 0.5) is 0 Å². The van der Waals surface area contributed by atoms with Crippen LogP contribution >= 0.6 is 0 Å². The molecular weight excluding hydrogens is 286 g/mol. The topological polar surface area (TPSA) is 33.0 Å². The molecule has 0 radical (unpaired) electrons. The van der Waals surface area contributed by atoms with E-state index in [-0.39, 0.29) is 11.1 Å². The minimum atomic E-state index is -1.77. The number of rotatable bonds is 3. The first-order chi connectivity index (χ1) is 9.99. The van der Waals surface area contributed by atoms with Crippen LogP contribution in [0.5, 0.6) is 0 Å². The molecular formula is C19H29NOSi. The fourth-order valence-corrected chi connectivity index (χ4v) is 4.23. The summed E-state index contributed by atoms with van der Waals surface area (Å²) in [4.78, 5) is 0. The van der Waals surface area contributed by atoms with E-state index >= 15 is 0 Å². The Balaban J connectivity index is 2.36. The molecule has 0 aromatic heterocycles. The smallest absolute Gasteiger partial charge is 0.192 e. The molecule has 1 atom stereocenters. The Hall–Kier alpha value is -1.11. The Kier molecular flexibility index (Phi) is 4.32. The highest BCUT2D eigenvalue weighted by Crippen LogP contribution is 2.45. The summed E-state index contributed by atoms with van der Waals surface area (Å²) in [5.74, 6) is 0. The van der Waals surface area contributed by atoms with Crippen LogP contribution < -0.4 is 0 Å². The van der Waals surface area contributed by atoms with Gasteiger partial charge in [0.05, 0.1) is 17.6 Å². The minimum absolute atomic E-state index is 0.199. The summed E-state index contributed by atoms with van der Waals surface area (Å²) in [7, 11) is -1.77. The molecule has 3 heteroatoms. The lowest BCUT2D eigenvalue weighted by Gasteiger charge is -2.38. The lowest BCUT2D eigenvalue weighted by Crippen LogP contribution is -2.41. The predicted octanol–water partition coefficient (Wildman–Crippen LogP) is 5.50. The van der Waals surface area contributed by atoms with E-state index in [9.17, 15) is 5.26 Å². The SMILES string of the molecule is CC(C)(C#N)c1cccc2c1CC[C@@H]2O[Si](C)(C)C(C)(C)C. The van der Waals surface area contributed by atoms with Gasteiger partial charge in [0.25, 0.3) is 0 Å². The second-order valence-corrected chi connectivity index (χ2v) is 13.3. The highest BCUT2D eigenvalue weighted by Gasteiger charge is 2.41. The number of fused-ring (bicyclic) bond motifs is 1. The van der Waals surface area contributed by atoms with Crippen molar-refractivity contribution in [3.8, 4) is 6.07 Å². The van der Waals surface area contributed by atoms with E-state index in [0.29, 0.717) is 0 Å². The molecule has 120 valence electrons. The van der Waals surface area contributed by atoms with Gasteiger partial charge in [0.1, 0.15) is 0 Å². The van der Waals surface area contributed by atoms with E-state index in [0.717, 1.165) is 12.8 Å². The molecule has 1 aliphatic carbocycles. The van der Waals surface area contributed by atoms with Crippen LogP contribution in [0.25, 0.3) is 0 Å². The molecule has 0 aliphatic heterocycles. The van der Waals surface area contributed by atoms with Crippen LogP contribution in [-0.2, 0) is 16.3 Å². The van der Waals surface area contributed by atoms with E-state index in [1.165, 1.54) is 16.7 Å². The van der Waals surface area contributed by atoms with Crippen molar-refractivity contribution in [1.29, 1.82) is 5.26 Å². The van der Waals surface area contributed by atoms with Crippen LogP contribution in [0.1, 0.15) is 63.8 Å². The first-order valence-corrected chi connectivity index (χ1v) is 11.1. The molecule has 0 bridgehead atoms. The monoisotopic (exact) mass is 315 g/mol. The van der Waals surface area contributed by atoms with Gasteiger partial charge < -0.3 is 4.43 Å². The van der Waals surface area contributed by atoms with Gasteiger partial charge in [-0.3, -0.25) is 0 Å². The summed E-state index contributed by atoms with van der Waals surface area (Å²) in [6, 6.07) is 8.83. The number of hydrogen-bond acceptors (Lipinski definition) is 2. The average molecular weight is 316 g/mol. The number of nitriles is 1. The summed E-state index contributed by atoms with van der Waals surface area (Å²) in [6.45, 7) is 15.5. The van der Waals surface area contributed by atoms with Crippen molar-refractivity contribution in [3.63, 3.8) is 0 Å². The summed E-state index contributed by atoms with van der Waals surface area (Å²) < 4.78 is 6.65. The molecule has 1 aromatic rings. The maximum absolute atomic E-state index is 9.46. The van der Waals surface area contributed by atoms with Gasteiger partial charge in [-0.25, -0.2) is 0 Å². The molecule has 0 saturated carbocycles. The maximum atomic E-state index is 9.46. The Labute approximate surface area is 136 Å². The third-order valence-electron chi connectivity index (χ3n) is 5.41. The minimum Gasteiger partial charge on any atom is -0.410 e. The van der Waals surface area contributed by atoms with Crippen molar-refractivity contribution < 1.29 is 4.43 Å². The molecule has 0 N–H and O–H groups in total. The zero-order chi connectivity index (χ0) is 16.8. The highest BCUT2D eigenvalue weighted by atomic mass is 28.4. The molecule has 0 fully saturated rings. The largest absolute Gasteiger partial charge is 0.410 e. The van der Waals surface area contributed by atoms with Gasteiger partial charge >= 0.3 is 0 Å². The van der Waals surface area contributed by atoms with Gasteiger partial charge in [0.15, 0.2) is 8.32 Å². The standard InChI is InChI=1S/C19H29NOSi/c1-18(2,3)22(6,7)21-17-12-11-14-15(17)9-8-10-16(14)19(4,5)13-20/h8-10,17H,11-12H2,1-7H3/t17-/m0/s1. The molecule has 0 spiro atoms. The molecule has 0 saturated heterocycles. The molecule has 2 nitrogen and oxygen atoms in total. The van der Waals surface area contributed by atoms with Crippen LogP contribution in [-0.4, -0.2) is 8.32 Å². The third-order valence-corrected chi connectivity index (χ3v) is 9.90. The van der Waals surface area contributed by atoms with Gasteiger partial charge in [-0.05, 0) is 61.5 Å². The number of benzene rings is 1. The Morgan fingerprint density at radius 1 is 1.18 bits per heavy atom. The molecule has 0 heterocycles. The molecule has 0 unspecified atom stereocenters. The summed E-state index contributed by atoms with van der Waals surface area (Å²) >= 11 is 0. The first kappa shape index (κ1) is 17.2. The number of hydrogen-bond donors (Lipinski definition) is 0. The van der Waals surface area contributed by atoms with Crippen LogP contribution in [0.15, 0.2) is 18.2 Å². The predicted molar refractivity (Wildman–Crippen MR) is 94.4 cm³/mol. The van der Waals surface area contributed by atoms with Crippen LogP contribution in [0.3, 0.4) is 0 Å². The van der Waals surface area contributed by atoms with E-state index in [1.54, 1.807) is 0 Å². The zero-order valence-corrected chi connectivity index (χ0v) is 16.1. The Bertz CT molecular complexity index is 605. The molecule has 1 aromatic carbocycles. The molecule has 1 aliphatic rings. The van der Waals surface area contributed by atoms with E-state index in [4.69, 9.17) is 4.43 Å². The normalized spacial score (nSPS) is 18.9. The van der Waals surface area contributed by atoms with Crippen molar-refractivity contribution in [2.24, 2.45) is 0 Å². The van der Waals surface area contributed by atoms with Gasteiger partial charge in [0.2, 0.25) is 0 Å². The lowest BCUT2D eigenvalue weighted by molar-refractivity contribution is 0.185. The third kappa shape index (κ3) is 3.00. The van der Waals surface area contributed by atoms with Gasteiger partial charge in [0, 0.05) is 0 Å². The second kappa shape index (κ2) is 5.51. The second-order valence-electron chi connectivity index (χ2n) is 8.52. The van der Waals surface area contributed by atoms with Crippen LogP contribution in [0.2, 0.25) is 18.1 Å². The summed E-state index contributed by atoms with van der Waals surface area (Å²) in [5.41, 5.74) is 3.40. The fourth-order valence-electron chi connectivity index (χ4n) is 2.92. The first-order valence-electron chi connectivity index (χ1n) is 8.21. The van der Waals surface area contributed by atoms with E-state index in [1.807, 2.05) is 13.8 Å². The molecule has 2 rings (SSSR count). The maximum Gasteiger partial charge on any atom is 0.192 e. The van der Waals surface area contributed by atoms with Crippen molar-refractivity contribution in [3.05, 3.63) is 34.9 Å². The van der Waals surface area contributed by atoms with Crippen molar-refractivity contribution in [2.45, 2.75) is 77.1 Å². The van der Waals surface area contributed by atoms with Crippen molar-refractivity contribution in [1.82, 2.24) is 0 Å². The van der Waals surface area contributed by atoms with Gasteiger partial charge in [-0.15, -0.1) is 0 Å². The summed E-state index contributed by atoms with van der Waals surface area (Å²) in [6.07, 6.45) is 2.27. The highest BCUT2D eigenvalue weighted by molar-refractivity contribution is 6.74. The lowest BCUT2D eigenvalue weighted by atomic mass is 9.82. The zero-order valence-electron chi connectivity index (χ0n) is 15.1. The quantitative estimate of drug-likeness (QED) is 0.690. The van der Waals surface area contributed by atoms with E-state index < -0.39 is 13.7 Å². The van der Waals surface area contributed by atoms with Gasteiger partial charge in [-0.2, -0.15) is 5.26 Å². The fraction of sp³-hybridized carbons (Fsp3) is 0.632. The molecule has 0 amide bonds. The average Bonchev–Trinajstić information content (AvgIpc) is 2.80. The summed E-state index contributed by atoms with van der Waals surface area (Å²) in [5, 5.41) is 9.68. The number of nitrogens with zero attached hydrogens (tertiary/aromatic N) is 1. The van der Waals surface area contributed by atoms with Crippen molar-refractivity contribution >= 4 is 8.32 Å². The Morgan fingerprint density at radius 2 is 1.82 bits per heavy atom. The van der Waals surface area contributed by atoms with E-state index in [2.05, 4.69) is 58.1 Å². The Morgan fingerprint density at radius 3 is 2.36 bits per heavy atom. The molecule has 22 heavy (non-hydrogen) atoms. The van der Waals surface area contributed by atoms with Gasteiger partial charge in [-0.1, -0.05) is 39.0 Å².